The van der Waals surface area contributed by atoms with Crippen LogP contribution in [0, 0.1) is 11.8 Å². The molecule has 0 aliphatic rings. The lowest BCUT2D eigenvalue weighted by atomic mass is 9.72. The highest BCUT2D eigenvalue weighted by molar-refractivity contribution is 6.35. The predicted octanol–water partition coefficient (Wildman–Crippen LogP) is 3.38. The SMILES string of the molecule is CCC(CC)C(CC)C(C(=O)C(=O)O)c1ccc(CO)cc1. The predicted molar refractivity (Wildman–Crippen MR) is 85.6 cm³/mol. The number of aliphatic hydroxyl groups is 1. The van der Waals surface area contributed by atoms with Crippen molar-refractivity contribution in [1.29, 1.82) is 0 Å². The van der Waals surface area contributed by atoms with Crippen LogP contribution in [-0.4, -0.2) is 22.0 Å². The summed E-state index contributed by atoms with van der Waals surface area (Å²) in [6.45, 7) is 6.09. The fraction of sp³-hybridized carbons (Fsp3) is 0.556. The largest absolute Gasteiger partial charge is 0.475 e. The van der Waals surface area contributed by atoms with Crippen LogP contribution in [0.3, 0.4) is 0 Å². The Labute approximate surface area is 132 Å². The van der Waals surface area contributed by atoms with Crippen molar-refractivity contribution < 1.29 is 19.8 Å². The number of Topliss-reactive ketones (excluding diaryl/α,β-unsaturated/α-hetero) is 1. The topological polar surface area (TPSA) is 74.6 Å². The first kappa shape index (κ1) is 18.4. The number of hydrogen-bond donors (Lipinski definition) is 2. The van der Waals surface area contributed by atoms with Gasteiger partial charge in [-0.3, -0.25) is 4.79 Å². The third-order valence-electron chi connectivity index (χ3n) is 4.57. The molecule has 122 valence electrons. The second-order valence-electron chi connectivity index (χ2n) is 5.70. The standard InChI is InChI=1S/C18H26O4/c1-4-13(5-2)15(6-3)16(17(20)18(21)22)14-9-7-12(11-19)8-10-14/h7-10,13,15-16,19H,4-6,11H2,1-3H3,(H,21,22). The van der Waals surface area contributed by atoms with Crippen LogP contribution in [0.15, 0.2) is 24.3 Å². The molecule has 0 fully saturated rings. The van der Waals surface area contributed by atoms with E-state index in [4.69, 9.17) is 5.11 Å². The van der Waals surface area contributed by atoms with E-state index in [-0.39, 0.29) is 12.5 Å². The normalized spacial score (nSPS) is 13.9. The fourth-order valence-corrected chi connectivity index (χ4v) is 3.29. The van der Waals surface area contributed by atoms with Gasteiger partial charge in [-0.05, 0) is 23.0 Å². The molecule has 1 aromatic rings. The summed E-state index contributed by atoms with van der Waals surface area (Å²) in [7, 11) is 0. The number of ketones is 1. The minimum Gasteiger partial charge on any atom is -0.475 e. The van der Waals surface area contributed by atoms with Gasteiger partial charge in [0.1, 0.15) is 0 Å². The zero-order valence-corrected chi connectivity index (χ0v) is 13.6. The van der Waals surface area contributed by atoms with Crippen LogP contribution < -0.4 is 0 Å². The number of rotatable bonds is 9. The second kappa shape index (κ2) is 8.69. The lowest BCUT2D eigenvalue weighted by molar-refractivity contribution is -0.150. The number of hydrogen-bond acceptors (Lipinski definition) is 3. The van der Waals surface area contributed by atoms with Crippen LogP contribution in [0.1, 0.15) is 57.1 Å². The number of aliphatic hydroxyl groups excluding tert-OH is 1. The highest BCUT2D eigenvalue weighted by atomic mass is 16.4. The molecule has 4 nitrogen and oxygen atoms in total. The average Bonchev–Trinajstić information content (AvgIpc) is 2.54. The molecule has 0 aliphatic heterocycles. The van der Waals surface area contributed by atoms with E-state index < -0.39 is 17.7 Å². The smallest absolute Gasteiger partial charge is 0.372 e. The average molecular weight is 306 g/mol. The first-order valence-electron chi connectivity index (χ1n) is 7.96. The van der Waals surface area contributed by atoms with Crippen LogP contribution >= 0.6 is 0 Å². The zero-order chi connectivity index (χ0) is 16.7. The van der Waals surface area contributed by atoms with Gasteiger partial charge in [-0.1, -0.05) is 64.3 Å². The molecule has 0 spiro atoms. The molecule has 1 aromatic carbocycles. The summed E-state index contributed by atoms with van der Waals surface area (Å²) in [6.07, 6.45) is 2.61. The summed E-state index contributed by atoms with van der Waals surface area (Å²) >= 11 is 0. The van der Waals surface area contributed by atoms with Crippen molar-refractivity contribution in [2.45, 2.75) is 52.6 Å². The van der Waals surface area contributed by atoms with Crippen molar-refractivity contribution in [2.24, 2.45) is 11.8 Å². The van der Waals surface area contributed by atoms with Crippen LogP contribution in [0.5, 0.6) is 0 Å². The Kier molecular flexibility index (Phi) is 7.25. The van der Waals surface area contributed by atoms with Crippen molar-refractivity contribution >= 4 is 11.8 Å². The lowest BCUT2D eigenvalue weighted by Crippen LogP contribution is -2.31. The van der Waals surface area contributed by atoms with E-state index in [1.54, 1.807) is 24.3 Å². The van der Waals surface area contributed by atoms with Gasteiger partial charge >= 0.3 is 5.97 Å². The minimum atomic E-state index is -1.37. The lowest BCUT2D eigenvalue weighted by Gasteiger charge is -2.31. The molecule has 0 bridgehead atoms. The summed E-state index contributed by atoms with van der Waals surface area (Å²) in [4.78, 5) is 23.6. The van der Waals surface area contributed by atoms with Gasteiger partial charge in [-0.25, -0.2) is 4.79 Å². The Bertz CT molecular complexity index is 488. The molecular weight excluding hydrogens is 280 g/mol. The number of benzene rings is 1. The van der Waals surface area contributed by atoms with E-state index in [2.05, 4.69) is 13.8 Å². The maximum absolute atomic E-state index is 12.3. The summed E-state index contributed by atoms with van der Waals surface area (Å²) in [5, 5.41) is 18.3. The first-order chi connectivity index (χ1) is 10.5. The highest BCUT2D eigenvalue weighted by Gasteiger charge is 2.36. The Balaban J connectivity index is 3.26. The molecule has 22 heavy (non-hydrogen) atoms. The van der Waals surface area contributed by atoms with Crippen molar-refractivity contribution in [3.05, 3.63) is 35.4 Å². The van der Waals surface area contributed by atoms with E-state index >= 15 is 0 Å². The minimum absolute atomic E-state index is 0.0126. The van der Waals surface area contributed by atoms with Crippen molar-refractivity contribution in [2.75, 3.05) is 0 Å². The molecule has 0 amide bonds. The Hall–Kier alpha value is -1.68. The molecule has 0 saturated heterocycles. The number of carbonyl (C=O) groups excluding carboxylic acids is 1. The molecular formula is C18H26O4. The van der Waals surface area contributed by atoms with E-state index in [1.807, 2.05) is 6.92 Å². The molecule has 1 rings (SSSR count). The van der Waals surface area contributed by atoms with Gasteiger partial charge in [0.05, 0.1) is 12.5 Å². The van der Waals surface area contributed by atoms with Gasteiger partial charge in [0.2, 0.25) is 5.78 Å². The Morgan fingerprint density at radius 3 is 1.91 bits per heavy atom. The van der Waals surface area contributed by atoms with Crippen LogP contribution in [0.4, 0.5) is 0 Å². The van der Waals surface area contributed by atoms with Crippen LogP contribution in [-0.2, 0) is 16.2 Å². The van der Waals surface area contributed by atoms with E-state index in [0.29, 0.717) is 5.92 Å². The van der Waals surface area contributed by atoms with Crippen molar-refractivity contribution in [3.8, 4) is 0 Å². The second-order valence-corrected chi connectivity index (χ2v) is 5.70. The number of aliphatic carboxylic acids is 1. The maximum atomic E-state index is 12.3. The number of carbonyl (C=O) groups is 2. The molecule has 0 saturated carbocycles. The Morgan fingerprint density at radius 2 is 1.55 bits per heavy atom. The molecule has 0 heterocycles. The Morgan fingerprint density at radius 1 is 1.00 bits per heavy atom. The van der Waals surface area contributed by atoms with E-state index in [1.165, 1.54) is 0 Å². The molecule has 2 unspecified atom stereocenters. The summed E-state index contributed by atoms with van der Waals surface area (Å²) in [6, 6.07) is 7.03. The molecule has 2 N–H and O–H groups in total. The molecule has 2 atom stereocenters. The summed E-state index contributed by atoms with van der Waals surface area (Å²) in [5.74, 6) is -2.41. The summed E-state index contributed by atoms with van der Waals surface area (Å²) in [5.41, 5.74) is 1.48. The summed E-state index contributed by atoms with van der Waals surface area (Å²) < 4.78 is 0. The zero-order valence-electron chi connectivity index (χ0n) is 13.6. The van der Waals surface area contributed by atoms with Crippen LogP contribution in [0.25, 0.3) is 0 Å². The molecule has 0 aliphatic carbocycles. The van der Waals surface area contributed by atoms with Gasteiger partial charge in [0.15, 0.2) is 0 Å². The van der Waals surface area contributed by atoms with Crippen LogP contribution in [0.2, 0.25) is 0 Å². The number of carboxylic acid groups (broad SMARTS) is 1. The van der Waals surface area contributed by atoms with Crippen molar-refractivity contribution in [1.82, 2.24) is 0 Å². The molecule has 0 radical (unpaired) electrons. The number of carboxylic acids is 1. The maximum Gasteiger partial charge on any atom is 0.372 e. The third kappa shape index (κ3) is 4.17. The quantitative estimate of drug-likeness (QED) is 0.686. The third-order valence-corrected chi connectivity index (χ3v) is 4.57. The fourth-order valence-electron chi connectivity index (χ4n) is 3.29. The van der Waals surface area contributed by atoms with Gasteiger partial charge in [-0.2, -0.15) is 0 Å². The molecule has 4 heteroatoms. The van der Waals surface area contributed by atoms with Gasteiger partial charge in [-0.15, -0.1) is 0 Å². The highest BCUT2D eigenvalue weighted by Crippen LogP contribution is 2.37. The monoisotopic (exact) mass is 306 g/mol. The van der Waals surface area contributed by atoms with E-state index in [0.717, 1.165) is 30.4 Å². The van der Waals surface area contributed by atoms with Gasteiger partial charge in [0, 0.05) is 0 Å². The van der Waals surface area contributed by atoms with Gasteiger partial charge < -0.3 is 10.2 Å². The first-order valence-corrected chi connectivity index (χ1v) is 7.96. The van der Waals surface area contributed by atoms with Gasteiger partial charge in [0.25, 0.3) is 0 Å². The molecule has 0 aromatic heterocycles. The van der Waals surface area contributed by atoms with E-state index in [9.17, 15) is 14.7 Å². The van der Waals surface area contributed by atoms with Crippen molar-refractivity contribution in [3.63, 3.8) is 0 Å².